The Hall–Kier alpha value is 0.500. The van der Waals surface area contributed by atoms with Gasteiger partial charge in [0.15, 0.2) is 0 Å². The molecule has 0 aromatic carbocycles. The lowest BCUT2D eigenvalue weighted by Crippen LogP contribution is -2.33. The Labute approximate surface area is 119 Å². The van der Waals surface area contributed by atoms with E-state index in [2.05, 4.69) is 32.4 Å². The van der Waals surface area contributed by atoms with E-state index >= 15 is 0 Å². The minimum atomic E-state index is -3.06. The molecular formula is C12H29NO4P2. The van der Waals surface area contributed by atoms with Crippen LogP contribution in [0, 0.1) is 0 Å². The molecule has 5 nitrogen and oxygen atoms in total. The smallest absolute Gasteiger partial charge is 0.338 e. The fourth-order valence-electron chi connectivity index (χ4n) is 2.00. The maximum absolute atomic E-state index is 12.6. The molecule has 0 aromatic heterocycles. The molecule has 0 aromatic rings. The van der Waals surface area contributed by atoms with Gasteiger partial charge in [0.1, 0.15) is 14.2 Å². The van der Waals surface area contributed by atoms with Crippen LogP contribution in [0.2, 0.25) is 0 Å². The monoisotopic (exact) mass is 313 g/mol. The molecule has 0 spiro atoms. The zero-order valence-corrected chi connectivity index (χ0v) is 15.0. The van der Waals surface area contributed by atoms with E-state index in [-0.39, 0.29) is 0 Å². The SMILES string of the molecule is CCOP(=O)(CP(OC)N(C(C)C)C(C)C)OCC. The maximum atomic E-state index is 12.6. The van der Waals surface area contributed by atoms with Crippen LogP contribution in [0.25, 0.3) is 0 Å². The van der Waals surface area contributed by atoms with Gasteiger partial charge in [0, 0.05) is 19.2 Å². The number of hydrogen-bond donors (Lipinski definition) is 0. The standard InChI is InChI=1S/C12H29NO4P2/c1-8-16-19(14,17-9-2)10-18(15-7)13(11(3)4)12(5)6/h11-12H,8-10H2,1-7H3. The van der Waals surface area contributed by atoms with Crippen molar-refractivity contribution in [3.63, 3.8) is 0 Å². The first-order chi connectivity index (χ1) is 8.81. The first-order valence-corrected chi connectivity index (χ1v) is 9.91. The van der Waals surface area contributed by atoms with E-state index in [0.717, 1.165) is 0 Å². The fourth-order valence-corrected chi connectivity index (χ4v) is 6.96. The highest BCUT2D eigenvalue weighted by Crippen LogP contribution is 2.60. The van der Waals surface area contributed by atoms with Gasteiger partial charge < -0.3 is 13.6 Å². The van der Waals surface area contributed by atoms with Crippen LogP contribution in [-0.4, -0.2) is 43.0 Å². The van der Waals surface area contributed by atoms with Gasteiger partial charge >= 0.3 is 7.60 Å². The number of hydrogen-bond acceptors (Lipinski definition) is 5. The number of nitrogens with zero attached hydrogens (tertiary/aromatic N) is 1. The molecule has 1 atom stereocenters. The Morgan fingerprint density at radius 3 is 1.74 bits per heavy atom. The van der Waals surface area contributed by atoms with E-state index in [1.54, 1.807) is 7.11 Å². The summed E-state index contributed by atoms with van der Waals surface area (Å²) in [5.74, 6) is 0.316. The van der Waals surface area contributed by atoms with Crippen molar-refractivity contribution in [2.75, 3.05) is 26.2 Å². The Morgan fingerprint density at radius 2 is 1.47 bits per heavy atom. The second kappa shape index (κ2) is 9.44. The molecule has 7 heteroatoms. The van der Waals surface area contributed by atoms with Crippen molar-refractivity contribution < 1.29 is 18.1 Å². The van der Waals surface area contributed by atoms with Crippen LogP contribution in [0.15, 0.2) is 0 Å². The lowest BCUT2D eigenvalue weighted by Gasteiger charge is -2.37. The minimum absolute atomic E-state index is 0.316. The van der Waals surface area contributed by atoms with Gasteiger partial charge in [-0.25, -0.2) is 0 Å². The fraction of sp³-hybridized carbons (Fsp3) is 1.00. The molecule has 0 aliphatic carbocycles. The summed E-state index contributed by atoms with van der Waals surface area (Å²) < 4.78 is 31.1. The third kappa shape index (κ3) is 6.66. The predicted octanol–water partition coefficient (Wildman–Crippen LogP) is 4.29. The normalized spacial score (nSPS) is 14.6. The predicted molar refractivity (Wildman–Crippen MR) is 81.8 cm³/mol. The van der Waals surface area contributed by atoms with Crippen molar-refractivity contribution >= 4 is 15.9 Å². The first kappa shape index (κ1) is 19.5. The second-order valence-electron chi connectivity index (χ2n) is 4.69. The average Bonchev–Trinajstić information content (AvgIpc) is 2.27. The lowest BCUT2D eigenvalue weighted by molar-refractivity contribution is 0.221. The van der Waals surface area contributed by atoms with Crippen molar-refractivity contribution in [3.8, 4) is 0 Å². The van der Waals surface area contributed by atoms with Gasteiger partial charge in [-0.3, -0.25) is 9.24 Å². The summed E-state index contributed by atoms with van der Waals surface area (Å²) in [5.41, 5.74) is 0. The summed E-state index contributed by atoms with van der Waals surface area (Å²) in [6.45, 7) is 12.9. The minimum Gasteiger partial charge on any atom is -0.346 e. The largest absolute Gasteiger partial charge is 0.346 e. The summed E-state index contributed by atoms with van der Waals surface area (Å²) in [6, 6.07) is 0.644. The molecule has 1 unspecified atom stereocenters. The van der Waals surface area contributed by atoms with Crippen LogP contribution in [0.5, 0.6) is 0 Å². The Bertz CT molecular complexity index is 269. The lowest BCUT2D eigenvalue weighted by atomic mass is 10.3. The van der Waals surface area contributed by atoms with E-state index in [9.17, 15) is 4.57 Å². The van der Waals surface area contributed by atoms with E-state index < -0.39 is 15.9 Å². The molecule has 0 rings (SSSR count). The molecule has 0 bridgehead atoms. The molecule has 116 valence electrons. The van der Waals surface area contributed by atoms with Gasteiger partial charge in [-0.05, 0) is 41.5 Å². The van der Waals surface area contributed by atoms with E-state index in [0.29, 0.717) is 31.2 Å². The maximum Gasteiger partial charge on any atom is 0.338 e. The van der Waals surface area contributed by atoms with E-state index in [1.807, 2.05) is 13.8 Å². The molecule has 0 N–H and O–H groups in total. The Morgan fingerprint density at radius 1 is 1.05 bits per heavy atom. The molecule has 0 saturated carbocycles. The van der Waals surface area contributed by atoms with Gasteiger partial charge in [-0.1, -0.05) is 0 Å². The molecule has 0 amide bonds. The molecule has 0 radical (unpaired) electrons. The molecular weight excluding hydrogens is 284 g/mol. The van der Waals surface area contributed by atoms with Crippen LogP contribution in [-0.2, 0) is 18.1 Å². The van der Waals surface area contributed by atoms with E-state index in [1.165, 1.54) is 0 Å². The van der Waals surface area contributed by atoms with Crippen LogP contribution in [0.1, 0.15) is 41.5 Å². The summed E-state index contributed by atoms with van der Waals surface area (Å²) in [5, 5.41) is 0. The highest BCUT2D eigenvalue weighted by Gasteiger charge is 2.34. The van der Waals surface area contributed by atoms with Crippen molar-refractivity contribution in [2.45, 2.75) is 53.6 Å². The highest BCUT2D eigenvalue weighted by molar-refractivity contribution is 7.69. The molecule has 19 heavy (non-hydrogen) atoms. The van der Waals surface area contributed by atoms with Gasteiger partial charge in [0.05, 0.1) is 13.2 Å². The van der Waals surface area contributed by atoms with Crippen LogP contribution < -0.4 is 0 Å². The zero-order chi connectivity index (χ0) is 15.1. The van der Waals surface area contributed by atoms with E-state index in [4.69, 9.17) is 13.6 Å². The molecule has 0 aliphatic rings. The summed E-state index contributed by atoms with van der Waals surface area (Å²) >= 11 is 0. The van der Waals surface area contributed by atoms with Crippen LogP contribution in [0.4, 0.5) is 0 Å². The third-order valence-corrected chi connectivity index (χ3v) is 7.99. The molecule has 0 fully saturated rings. The Kier molecular flexibility index (Phi) is 9.69. The van der Waals surface area contributed by atoms with Gasteiger partial charge in [-0.15, -0.1) is 0 Å². The van der Waals surface area contributed by atoms with Gasteiger partial charge in [0.2, 0.25) is 0 Å². The topological polar surface area (TPSA) is 48.0 Å². The second-order valence-corrected chi connectivity index (χ2v) is 9.09. The molecule has 0 saturated heterocycles. The quantitative estimate of drug-likeness (QED) is 0.563. The zero-order valence-electron chi connectivity index (χ0n) is 13.3. The Balaban J connectivity index is 4.97. The first-order valence-electron chi connectivity index (χ1n) is 6.79. The molecule has 0 aliphatic heterocycles. The highest BCUT2D eigenvalue weighted by atomic mass is 31.2. The summed E-state index contributed by atoms with van der Waals surface area (Å²) in [4.78, 5) is 0. The van der Waals surface area contributed by atoms with Gasteiger partial charge in [-0.2, -0.15) is 0 Å². The summed E-state index contributed by atoms with van der Waals surface area (Å²) in [7, 11) is -2.40. The van der Waals surface area contributed by atoms with Crippen molar-refractivity contribution in [3.05, 3.63) is 0 Å². The number of rotatable bonds is 10. The van der Waals surface area contributed by atoms with Crippen LogP contribution >= 0.6 is 15.9 Å². The van der Waals surface area contributed by atoms with Gasteiger partial charge in [0.25, 0.3) is 0 Å². The van der Waals surface area contributed by atoms with Crippen molar-refractivity contribution in [1.82, 2.24) is 4.67 Å². The van der Waals surface area contributed by atoms with Crippen molar-refractivity contribution in [1.29, 1.82) is 0 Å². The average molecular weight is 313 g/mol. The third-order valence-electron chi connectivity index (χ3n) is 2.47. The molecule has 0 heterocycles. The summed E-state index contributed by atoms with van der Waals surface area (Å²) in [6.07, 6.45) is 0. The van der Waals surface area contributed by atoms with Crippen LogP contribution in [0.3, 0.4) is 0 Å². The van der Waals surface area contributed by atoms with Crippen molar-refractivity contribution in [2.24, 2.45) is 0 Å².